The summed E-state index contributed by atoms with van der Waals surface area (Å²) in [5, 5.41) is 9.21. The maximum absolute atomic E-state index is 14.1. The Bertz CT molecular complexity index is 839. The fraction of sp³-hybridized carbons (Fsp3) is 0.0588. The van der Waals surface area contributed by atoms with E-state index in [2.05, 4.69) is 4.98 Å². The van der Waals surface area contributed by atoms with E-state index in [0.717, 1.165) is 5.56 Å². The topological polar surface area (TPSA) is 55.1 Å². The van der Waals surface area contributed by atoms with Gasteiger partial charge in [-0.3, -0.25) is 0 Å². The number of hydrogen-bond donors (Lipinski definition) is 1. The summed E-state index contributed by atoms with van der Waals surface area (Å²) in [5.74, 6) is -0.986. The second-order valence-electron chi connectivity index (χ2n) is 4.98. The lowest BCUT2D eigenvalue weighted by atomic mass is 10.1. The van der Waals surface area contributed by atoms with E-state index >= 15 is 0 Å². The van der Waals surface area contributed by atoms with Gasteiger partial charge >= 0.3 is 5.97 Å². The van der Waals surface area contributed by atoms with Crippen LogP contribution in [0.5, 0.6) is 0 Å². The molecule has 3 aromatic rings. The number of carbonyl (C=O) groups is 1. The summed E-state index contributed by atoms with van der Waals surface area (Å²) < 4.78 is 15.8. The molecule has 0 aliphatic rings. The lowest BCUT2D eigenvalue weighted by molar-refractivity contribution is 0.0697. The number of halogens is 2. The molecule has 6 heteroatoms. The Morgan fingerprint density at radius 3 is 2.61 bits per heavy atom. The van der Waals surface area contributed by atoms with E-state index in [-0.39, 0.29) is 11.1 Å². The van der Waals surface area contributed by atoms with Crippen molar-refractivity contribution >= 4 is 17.6 Å². The minimum absolute atomic E-state index is 0.219. The SMILES string of the molecule is O=C(O)c1ccc(Cn2ccnc2-c2c(F)cccc2Cl)cc1. The van der Waals surface area contributed by atoms with Gasteiger partial charge < -0.3 is 9.67 Å². The second kappa shape index (κ2) is 6.22. The van der Waals surface area contributed by atoms with Crippen molar-refractivity contribution in [3.8, 4) is 11.4 Å². The molecule has 0 aliphatic heterocycles. The lowest BCUT2D eigenvalue weighted by Crippen LogP contribution is -2.03. The summed E-state index contributed by atoms with van der Waals surface area (Å²) >= 11 is 6.09. The number of imidazole rings is 1. The number of rotatable bonds is 4. The van der Waals surface area contributed by atoms with Crippen molar-refractivity contribution in [2.24, 2.45) is 0 Å². The molecule has 116 valence electrons. The normalized spacial score (nSPS) is 10.7. The zero-order valence-electron chi connectivity index (χ0n) is 11.9. The molecule has 1 heterocycles. The standard InChI is InChI=1S/C17H12ClFN2O2/c18-13-2-1-3-14(19)15(13)16-20-8-9-21(16)10-11-4-6-12(7-5-11)17(22)23/h1-9H,10H2,(H,22,23). The first-order chi connectivity index (χ1) is 11.1. The molecule has 0 bridgehead atoms. The van der Waals surface area contributed by atoms with E-state index in [4.69, 9.17) is 16.7 Å². The zero-order chi connectivity index (χ0) is 16.4. The van der Waals surface area contributed by atoms with Crippen LogP contribution in [-0.2, 0) is 6.54 Å². The number of carboxylic acid groups (broad SMARTS) is 1. The van der Waals surface area contributed by atoms with E-state index in [1.807, 2.05) is 0 Å². The van der Waals surface area contributed by atoms with Crippen LogP contribution in [0, 0.1) is 5.82 Å². The quantitative estimate of drug-likeness (QED) is 0.784. The second-order valence-corrected chi connectivity index (χ2v) is 5.38. The molecule has 0 saturated carbocycles. The van der Waals surface area contributed by atoms with Crippen molar-refractivity contribution in [1.29, 1.82) is 0 Å². The number of aromatic carboxylic acids is 1. The van der Waals surface area contributed by atoms with E-state index < -0.39 is 11.8 Å². The van der Waals surface area contributed by atoms with Gasteiger partial charge in [0.25, 0.3) is 0 Å². The number of nitrogens with zero attached hydrogens (tertiary/aromatic N) is 2. The molecule has 0 saturated heterocycles. The van der Waals surface area contributed by atoms with Gasteiger partial charge in [-0.2, -0.15) is 0 Å². The molecular formula is C17H12ClFN2O2. The van der Waals surface area contributed by atoms with Crippen LogP contribution in [0.1, 0.15) is 15.9 Å². The summed E-state index contributed by atoms with van der Waals surface area (Å²) in [5.41, 5.74) is 1.35. The van der Waals surface area contributed by atoms with Crippen LogP contribution in [0.4, 0.5) is 4.39 Å². The largest absolute Gasteiger partial charge is 0.478 e. The predicted molar refractivity (Wildman–Crippen MR) is 85.1 cm³/mol. The van der Waals surface area contributed by atoms with E-state index in [1.54, 1.807) is 41.2 Å². The monoisotopic (exact) mass is 330 g/mol. The van der Waals surface area contributed by atoms with Gasteiger partial charge in [-0.05, 0) is 29.8 Å². The Hall–Kier alpha value is -2.66. The molecule has 0 radical (unpaired) electrons. The third-order valence-electron chi connectivity index (χ3n) is 3.46. The highest BCUT2D eigenvalue weighted by Gasteiger charge is 2.15. The molecule has 0 amide bonds. The summed E-state index contributed by atoms with van der Waals surface area (Å²) in [6.07, 6.45) is 3.30. The highest BCUT2D eigenvalue weighted by molar-refractivity contribution is 6.33. The molecular weight excluding hydrogens is 319 g/mol. The maximum Gasteiger partial charge on any atom is 0.335 e. The van der Waals surface area contributed by atoms with Crippen LogP contribution >= 0.6 is 11.6 Å². The Morgan fingerprint density at radius 1 is 1.22 bits per heavy atom. The van der Waals surface area contributed by atoms with Gasteiger partial charge in [-0.15, -0.1) is 0 Å². The summed E-state index contributed by atoms with van der Waals surface area (Å²) in [6.45, 7) is 0.430. The summed E-state index contributed by atoms with van der Waals surface area (Å²) in [6, 6.07) is 11.0. The van der Waals surface area contributed by atoms with Gasteiger partial charge in [0.05, 0.1) is 16.1 Å². The zero-order valence-corrected chi connectivity index (χ0v) is 12.7. The number of hydrogen-bond acceptors (Lipinski definition) is 2. The number of aromatic nitrogens is 2. The molecule has 0 spiro atoms. The van der Waals surface area contributed by atoms with Gasteiger partial charge in [0.15, 0.2) is 0 Å². The highest BCUT2D eigenvalue weighted by atomic mass is 35.5. The van der Waals surface area contributed by atoms with Crippen molar-refractivity contribution in [2.75, 3.05) is 0 Å². The molecule has 3 rings (SSSR count). The molecule has 0 aliphatic carbocycles. The van der Waals surface area contributed by atoms with Crippen LogP contribution in [0.25, 0.3) is 11.4 Å². The lowest BCUT2D eigenvalue weighted by Gasteiger charge is -2.10. The van der Waals surface area contributed by atoms with Crippen molar-refractivity contribution in [3.05, 3.63) is 76.8 Å². The maximum atomic E-state index is 14.1. The smallest absolute Gasteiger partial charge is 0.335 e. The molecule has 1 aromatic heterocycles. The van der Waals surface area contributed by atoms with Crippen molar-refractivity contribution in [2.45, 2.75) is 6.54 Å². The molecule has 1 N–H and O–H groups in total. The third kappa shape index (κ3) is 3.10. The van der Waals surface area contributed by atoms with Gasteiger partial charge in [-0.25, -0.2) is 14.2 Å². The van der Waals surface area contributed by atoms with Crippen molar-refractivity contribution < 1.29 is 14.3 Å². The van der Waals surface area contributed by atoms with E-state index in [1.165, 1.54) is 18.2 Å². The van der Waals surface area contributed by atoms with Crippen LogP contribution in [-0.4, -0.2) is 20.6 Å². The van der Waals surface area contributed by atoms with E-state index in [9.17, 15) is 9.18 Å². The van der Waals surface area contributed by atoms with Crippen LogP contribution in [0.2, 0.25) is 5.02 Å². The van der Waals surface area contributed by atoms with Gasteiger partial charge in [0, 0.05) is 18.9 Å². The fourth-order valence-corrected chi connectivity index (χ4v) is 2.57. The summed E-state index contributed by atoms with van der Waals surface area (Å²) in [7, 11) is 0. The number of benzene rings is 2. The Kier molecular flexibility index (Phi) is 4.12. The minimum Gasteiger partial charge on any atom is -0.478 e. The first-order valence-corrected chi connectivity index (χ1v) is 7.22. The Morgan fingerprint density at radius 2 is 1.96 bits per heavy atom. The van der Waals surface area contributed by atoms with Crippen LogP contribution in [0.15, 0.2) is 54.9 Å². The van der Waals surface area contributed by atoms with Gasteiger partial charge in [0.2, 0.25) is 0 Å². The van der Waals surface area contributed by atoms with Crippen LogP contribution in [0.3, 0.4) is 0 Å². The first-order valence-electron chi connectivity index (χ1n) is 6.84. The van der Waals surface area contributed by atoms with Crippen molar-refractivity contribution in [1.82, 2.24) is 9.55 Å². The average molecular weight is 331 g/mol. The fourth-order valence-electron chi connectivity index (χ4n) is 2.33. The molecule has 23 heavy (non-hydrogen) atoms. The minimum atomic E-state index is -0.974. The average Bonchev–Trinajstić information content (AvgIpc) is 2.95. The molecule has 0 atom stereocenters. The first kappa shape index (κ1) is 15.2. The van der Waals surface area contributed by atoms with Gasteiger partial charge in [-0.1, -0.05) is 29.8 Å². The molecule has 2 aromatic carbocycles. The highest BCUT2D eigenvalue weighted by Crippen LogP contribution is 2.29. The van der Waals surface area contributed by atoms with Crippen LogP contribution < -0.4 is 0 Å². The molecule has 0 unspecified atom stereocenters. The predicted octanol–water partition coefficient (Wildman–Crippen LogP) is 4.09. The Labute approximate surface area is 136 Å². The molecule has 0 fully saturated rings. The number of carboxylic acids is 1. The molecule has 4 nitrogen and oxygen atoms in total. The van der Waals surface area contributed by atoms with E-state index in [0.29, 0.717) is 17.4 Å². The summed E-state index contributed by atoms with van der Waals surface area (Å²) in [4.78, 5) is 15.1. The van der Waals surface area contributed by atoms with Crippen molar-refractivity contribution in [3.63, 3.8) is 0 Å². The Balaban J connectivity index is 1.94. The van der Waals surface area contributed by atoms with Gasteiger partial charge in [0.1, 0.15) is 11.6 Å². The third-order valence-corrected chi connectivity index (χ3v) is 3.77.